The van der Waals surface area contributed by atoms with Gasteiger partial charge in [0.1, 0.15) is 18.1 Å². The number of methoxy groups -OCH3 is 1. The molecule has 0 unspecified atom stereocenters. The van der Waals surface area contributed by atoms with Crippen LogP contribution in [0.2, 0.25) is 0 Å². The Hall–Kier alpha value is -3.55. The summed E-state index contributed by atoms with van der Waals surface area (Å²) < 4.78 is 45.5. The maximum atomic E-state index is 12.4. The van der Waals surface area contributed by atoms with E-state index >= 15 is 0 Å². The van der Waals surface area contributed by atoms with Gasteiger partial charge in [-0.15, -0.1) is 0 Å². The molecular formula is C23H23F2NO5. The van der Waals surface area contributed by atoms with Crippen molar-refractivity contribution >= 4 is 11.6 Å². The fourth-order valence-electron chi connectivity index (χ4n) is 2.90. The third-order valence-corrected chi connectivity index (χ3v) is 4.37. The molecule has 0 radical (unpaired) electrons. The van der Waals surface area contributed by atoms with Crippen LogP contribution in [0.5, 0.6) is 17.2 Å². The molecule has 0 atom stereocenters. The van der Waals surface area contributed by atoms with E-state index in [2.05, 4.69) is 17.0 Å². The van der Waals surface area contributed by atoms with E-state index in [1.165, 1.54) is 36.9 Å². The van der Waals surface area contributed by atoms with E-state index in [4.69, 9.17) is 13.9 Å². The number of hydrogen-bond donors (Lipinski definition) is 1. The van der Waals surface area contributed by atoms with Gasteiger partial charge < -0.3 is 23.9 Å². The van der Waals surface area contributed by atoms with Gasteiger partial charge >= 0.3 is 6.61 Å². The van der Waals surface area contributed by atoms with Crippen LogP contribution in [0.4, 0.5) is 14.5 Å². The Morgan fingerprint density at radius 1 is 1.06 bits per heavy atom. The van der Waals surface area contributed by atoms with Gasteiger partial charge in [-0.25, -0.2) is 0 Å². The number of furan rings is 1. The van der Waals surface area contributed by atoms with Crippen LogP contribution in [-0.4, -0.2) is 19.6 Å². The number of ether oxygens (including phenoxy) is 3. The summed E-state index contributed by atoms with van der Waals surface area (Å²) >= 11 is 0. The summed E-state index contributed by atoms with van der Waals surface area (Å²) in [5.41, 5.74) is 1.59. The maximum absolute atomic E-state index is 12.4. The Labute approximate surface area is 178 Å². The number of benzene rings is 2. The fourth-order valence-corrected chi connectivity index (χ4v) is 2.90. The number of carbonyl (C=O) groups excluding carboxylic acids is 1. The first-order chi connectivity index (χ1) is 15.0. The molecule has 0 aliphatic heterocycles. The standard InChI is InChI=1S/C23H23F2NO5/c1-3-4-15-5-8-17(9-6-15)29-14-18-10-12-20(30-18)22(27)26-16-7-11-19(31-23(24)25)21(13-16)28-2/h5-13,23H,3-4,14H2,1-2H3,(H,26,27). The highest BCUT2D eigenvalue weighted by Gasteiger charge is 2.15. The molecule has 0 fully saturated rings. The molecule has 1 aromatic heterocycles. The number of hydrogen-bond acceptors (Lipinski definition) is 5. The zero-order chi connectivity index (χ0) is 22.2. The zero-order valence-corrected chi connectivity index (χ0v) is 17.2. The van der Waals surface area contributed by atoms with Crippen LogP contribution in [0.1, 0.15) is 35.2 Å². The van der Waals surface area contributed by atoms with Crippen LogP contribution in [-0.2, 0) is 13.0 Å². The Bertz CT molecular complexity index is 1000. The minimum Gasteiger partial charge on any atom is -0.493 e. The van der Waals surface area contributed by atoms with Crippen LogP contribution >= 0.6 is 0 Å². The molecule has 3 rings (SSSR count). The van der Waals surface area contributed by atoms with E-state index < -0.39 is 12.5 Å². The van der Waals surface area contributed by atoms with E-state index in [0.29, 0.717) is 17.2 Å². The molecule has 2 aromatic carbocycles. The summed E-state index contributed by atoms with van der Waals surface area (Å²) in [7, 11) is 1.31. The summed E-state index contributed by atoms with van der Waals surface area (Å²) in [6.07, 6.45) is 2.10. The van der Waals surface area contributed by atoms with Crippen molar-refractivity contribution in [3.05, 3.63) is 71.7 Å². The number of rotatable bonds is 10. The van der Waals surface area contributed by atoms with Crippen molar-refractivity contribution in [3.63, 3.8) is 0 Å². The molecule has 164 valence electrons. The second-order valence-corrected chi connectivity index (χ2v) is 6.65. The highest BCUT2D eigenvalue weighted by molar-refractivity contribution is 6.02. The second-order valence-electron chi connectivity index (χ2n) is 6.65. The van der Waals surface area contributed by atoms with Crippen molar-refractivity contribution < 1.29 is 32.2 Å². The predicted octanol–water partition coefficient (Wildman–Crippen LogP) is 5.67. The van der Waals surface area contributed by atoms with Crippen LogP contribution in [0.15, 0.2) is 59.0 Å². The van der Waals surface area contributed by atoms with Crippen molar-refractivity contribution in [2.75, 3.05) is 12.4 Å². The van der Waals surface area contributed by atoms with Crippen molar-refractivity contribution in [3.8, 4) is 17.2 Å². The molecule has 6 nitrogen and oxygen atoms in total. The third-order valence-electron chi connectivity index (χ3n) is 4.37. The largest absolute Gasteiger partial charge is 0.493 e. The van der Waals surface area contributed by atoms with Gasteiger partial charge in [0.25, 0.3) is 5.91 Å². The summed E-state index contributed by atoms with van der Waals surface area (Å²) in [5.74, 6) is 0.720. The van der Waals surface area contributed by atoms with Gasteiger partial charge in [0, 0.05) is 11.8 Å². The molecule has 8 heteroatoms. The Kier molecular flexibility index (Phi) is 7.48. The fraction of sp³-hybridized carbons (Fsp3) is 0.261. The smallest absolute Gasteiger partial charge is 0.387 e. The number of aryl methyl sites for hydroxylation is 1. The summed E-state index contributed by atoms with van der Waals surface area (Å²) in [5, 5.41) is 2.62. The zero-order valence-electron chi connectivity index (χ0n) is 17.2. The minimum absolute atomic E-state index is 0.0663. The lowest BCUT2D eigenvalue weighted by atomic mass is 10.1. The lowest BCUT2D eigenvalue weighted by molar-refractivity contribution is -0.0512. The topological polar surface area (TPSA) is 69.9 Å². The first-order valence-corrected chi connectivity index (χ1v) is 9.73. The molecule has 31 heavy (non-hydrogen) atoms. The highest BCUT2D eigenvalue weighted by Crippen LogP contribution is 2.31. The SMILES string of the molecule is CCCc1ccc(OCc2ccc(C(=O)Nc3ccc(OC(F)F)c(OC)c3)o2)cc1. The Morgan fingerprint density at radius 3 is 2.52 bits per heavy atom. The molecule has 0 saturated carbocycles. The van der Waals surface area contributed by atoms with Crippen molar-refractivity contribution in [2.45, 2.75) is 33.0 Å². The van der Waals surface area contributed by atoms with Crippen molar-refractivity contribution in [1.82, 2.24) is 0 Å². The number of amides is 1. The van der Waals surface area contributed by atoms with Gasteiger partial charge in [0.15, 0.2) is 17.3 Å². The Morgan fingerprint density at radius 2 is 1.84 bits per heavy atom. The average molecular weight is 431 g/mol. The number of carbonyl (C=O) groups is 1. The molecule has 1 N–H and O–H groups in total. The molecule has 1 heterocycles. The molecule has 0 saturated heterocycles. The molecule has 3 aromatic rings. The highest BCUT2D eigenvalue weighted by atomic mass is 19.3. The van der Waals surface area contributed by atoms with Crippen LogP contribution in [0.25, 0.3) is 0 Å². The average Bonchev–Trinajstić information content (AvgIpc) is 3.23. The minimum atomic E-state index is -2.98. The summed E-state index contributed by atoms with van der Waals surface area (Å²) in [6.45, 7) is -0.677. The van der Waals surface area contributed by atoms with E-state index in [-0.39, 0.29) is 23.9 Å². The monoisotopic (exact) mass is 431 g/mol. The van der Waals surface area contributed by atoms with Gasteiger partial charge in [-0.05, 0) is 48.4 Å². The first-order valence-electron chi connectivity index (χ1n) is 9.73. The number of nitrogens with one attached hydrogen (secondary N) is 1. The molecule has 1 amide bonds. The van der Waals surface area contributed by atoms with Crippen LogP contribution in [0, 0.1) is 0 Å². The summed E-state index contributed by atoms with van der Waals surface area (Å²) in [6, 6.07) is 15.1. The summed E-state index contributed by atoms with van der Waals surface area (Å²) in [4.78, 5) is 12.4. The van der Waals surface area contributed by atoms with Gasteiger partial charge in [0.05, 0.1) is 7.11 Å². The molecule has 0 bridgehead atoms. The number of halogens is 2. The third kappa shape index (κ3) is 6.21. The molecular weight excluding hydrogens is 408 g/mol. The normalized spacial score (nSPS) is 10.7. The Balaban J connectivity index is 1.58. The van der Waals surface area contributed by atoms with Gasteiger partial charge in [-0.1, -0.05) is 25.5 Å². The number of anilines is 1. The number of alkyl halides is 2. The molecule has 0 spiro atoms. The van der Waals surface area contributed by atoms with Crippen LogP contribution < -0.4 is 19.5 Å². The van der Waals surface area contributed by atoms with E-state index in [9.17, 15) is 13.6 Å². The van der Waals surface area contributed by atoms with Gasteiger partial charge in [0.2, 0.25) is 0 Å². The quantitative estimate of drug-likeness (QED) is 0.448. The second kappa shape index (κ2) is 10.5. The van der Waals surface area contributed by atoms with E-state index in [1.807, 2.05) is 24.3 Å². The molecule has 0 aliphatic rings. The van der Waals surface area contributed by atoms with Crippen molar-refractivity contribution in [2.24, 2.45) is 0 Å². The maximum Gasteiger partial charge on any atom is 0.387 e. The van der Waals surface area contributed by atoms with Gasteiger partial charge in [-0.3, -0.25) is 4.79 Å². The van der Waals surface area contributed by atoms with E-state index in [1.54, 1.807) is 6.07 Å². The van der Waals surface area contributed by atoms with E-state index in [0.717, 1.165) is 12.8 Å². The lowest BCUT2D eigenvalue weighted by Crippen LogP contribution is -2.11. The van der Waals surface area contributed by atoms with Crippen molar-refractivity contribution in [1.29, 1.82) is 0 Å². The first kappa shape index (κ1) is 22.1. The lowest BCUT2D eigenvalue weighted by Gasteiger charge is -2.11. The predicted molar refractivity (Wildman–Crippen MR) is 111 cm³/mol. The molecule has 0 aliphatic carbocycles. The van der Waals surface area contributed by atoms with Gasteiger partial charge in [-0.2, -0.15) is 8.78 Å². The van der Waals surface area contributed by atoms with Crippen LogP contribution in [0.3, 0.4) is 0 Å².